The number of aliphatic hydroxyl groups is 1. The smallest absolute Gasteiger partial charge is 0.138 e. The highest BCUT2D eigenvalue weighted by atomic mass is 35.5. The maximum atomic E-state index is 9.47. The Hall–Kier alpha value is -1.32. The van der Waals surface area contributed by atoms with E-state index in [-0.39, 0.29) is 6.61 Å². The number of nitrogens with zero attached hydrogens (tertiary/aromatic N) is 2. The molecule has 94 valence electrons. The second-order valence-corrected chi connectivity index (χ2v) is 5.14. The summed E-state index contributed by atoms with van der Waals surface area (Å²) in [5.74, 6) is 0.481. The lowest BCUT2D eigenvalue weighted by molar-refractivity contribution is 0.280. The molecule has 0 bridgehead atoms. The van der Waals surface area contributed by atoms with Crippen LogP contribution in [0.5, 0.6) is 0 Å². The summed E-state index contributed by atoms with van der Waals surface area (Å²) in [6, 6.07) is 7.98. The third-order valence-electron chi connectivity index (χ3n) is 3.42. The van der Waals surface area contributed by atoms with Crippen molar-refractivity contribution >= 4 is 11.6 Å². The van der Waals surface area contributed by atoms with Crippen LogP contribution in [0.1, 0.15) is 35.6 Å². The van der Waals surface area contributed by atoms with E-state index in [1.165, 1.54) is 0 Å². The number of aromatic nitrogens is 2. The molecule has 4 heteroatoms. The van der Waals surface area contributed by atoms with Gasteiger partial charge in [0, 0.05) is 11.5 Å². The summed E-state index contributed by atoms with van der Waals surface area (Å²) in [4.78, 5) is 0. The lowest BCUT2D eigenvalue weighted by Gasteiger charge is -2.06. The van der Waals surface area contributed by atoms with Crippen molar-refractivity contribution in [3.63, 3.8) is 0 Å². The van der Waals surface area contributed by atoms with Crippen molar-refractivity contribution in [3.8, 4) is 5.69 Å². The van der Waals surface area contributed by atoms with E-state index in [9.17, 15) is 5.11 Å². The molecular formula is C14H15ClN2O. The van der Waals surface area contributed by atoms with Crippen molar-refractivity contribution in [3.05, 3.63) is 46.2 Å². The Bertz CT molecular complexity index is 587. The number of hydrogen-bond acceptors (Lipinski definition) is 2. The van der Waals surface area contributed by atoms with Crippen LogP contribution < -0.4 is 0 Å². The van der Waals surface area contributed by atoms with Crippen LogP contribution in [-0.2, 0) is 6.61 Å². The quantitative estimate of drug-likeness (QED) is 0.922. The number of para-hydroxylation sites is 1. The monoisotopic (exact) mass is 262 g/mol. The summed E-state index contributed by atoms with van der Waals surface area (Å²) in [5, 5.41) is 14.6. The second kappa shape index (κ2) is 4.41. The highest BCUT2D eigenvalue weighted by Gasteiger charge is 2.31. The predicted molar refractivity (Wildman–Crippen MR) is 71.2 cm³/mol. The largest absolute Gasteiger partial charge is 0.391 e. The highest BCUT2D eigenvalue weighted by molar-refractivity contribution is 6.30. The third-order valence-corrected chi connectivity index (χ3v) is 3.81. The Balaban J connectivity index is 2.15. The Morgan fingerprint density at radius 1 is 1.39 bits per heavy atom. The molecule has 0 radical (unpaired) electrons. The Morgan fingerprint density at radius 2 is 2.11 bits per heavy atom. The molecule has 1 heterocycles. The van der Waals surface area contributed by atoms with Crippen molar-refractivity contribution < 1.29 is 5.11 Å². The molecule has 0 saturated heterocycles. The Kier molecular flexibility index (Phi) is 2.88. The van der Waals surface area contributed by atoms with Gasteiger partial charge in [0.1, 0.15) is 5.15 Å². The minimum absolute atomic E-state index is 0.0451. The van der Waals surface area contributed by atoms with Crippen LogP contribution in [0.4, 0.5) is 0 Å². The summed E-state index contributed by atoms with van der Waals surface area (Å²) in [6.07, 6.45) is 2.29. The molecule has 0 amide bonds. The molecule has 0 atom stereocenters. The van der Waals surface area contributed by atoms with Gasteiger partial charge < -0.3 is 5.11 Å². The number of aliphatic hydroxyl groups excluding tert-OH is 1. The molecule has 18 heavy (non-hydrogen) atoms. The topological polar surface area (TPSA) is 38.0 Å². The molecule has 1 N–H and O–H groups in total. The van der Waals surface area contributed by atoms with Gasteiger partial charge in [-0.2, -0.15) is 5.10 Å². The van der Waals surface area contributed by atoms with Gasteiger partial charge in [0.25, 0.3) is 0 Å². The van der Waals surface area contributed by atoms with E-state index in [0.29, 0.717) is 11.1 Å². The van der Waals surface area contributed by atoms with E-state index in [1.807, 2.05) is 31.2 Å². The molecule has 1 aromatic heterocycles. The van der Waals surface area contributed by atoms with Gasteiger partial charge in [-0.1, -0.05) is 29.8 Å². The van der Waals surface area contributed by atoms with Crippen LogP contribution in [0.3, 0.4) is 0 Å². The van der Waals surface area contributed by atoms with Crippen molar-refractivity contribution in [2.75, 3.05) is 0 Å². The number of halogens is 1. The first-order chi connectivity index (χ1) is 8.72. The summed E-state index contributed by atoms with van der Waals surface area (Å²) in [5.41, 5.74) is 3.84. The number of aryl methyl sites for hydroxylation is 1. The molecule has 1 fully saturated rings. The molecule has 0 aliphatic heterocycles. The van der Waals surface area contributed by atoms with E-state index in [0.717, 1.165) is 35.3 Å². The fourth-order valence-corrected chi connectivity index (χ4v) is 2.52. The van der Waals surface area contributed by atoms with Crippen molar-refractivity contribution in [2.45, 2.75) is 32.3 Å². The number of rotatable bonds is 3. The summed E-state index contributed by atoms with van der Waals surface area (Å²) in [6.45, 7) is 1.99. The fourth-order valence-electron chi connectivity index (χ4n) is 2.24. The lowest BCUT2D eigenvalue weighted by atomic mass is 10.2. The zero-order valence-electron chi connectivity index (χ0n) is 10.2. The van der Waals surface area contributed by atoms with E-state index >= 15 is 0 Å². The van der Waals surface area contributed by atoms with E-state index in [4.69, 9.17) is 11.6 Å². The third kappa shape index (κ3) is 1.84. The van der Waals surface area contributed by atoms with Crippen molar-refractivity contribution in [1.29, 1.82) is 0 Å². The standard InChI is InChI=1S/C14H15ClN2O/c1-9-4-2-3-5-12(9)17-14(15)11(8-18)13(16-17)10-6-7-10/h2-5,10,18H,6-8H2,1H3. The minimum Gasteiger partial charge on any atom is -0.391 e. The maximum Gasteiger partial charge on any atom is 0.138 e. The minimum atomic E-state index is -0.0451. The zero-order chi connectivity index (χ0) is 12.7. The summed E-state index contributed by atoms with van der Waals surface area (Å²) in [7, 11) is 0. The molecule has 1 aliphatic carbocycles. The Labute approximate surface area is 111 Å². The van der Waals surface area contributed by atoms with Crippen LogP contribution in [0.25, 0.3) is 5.69 Å². The van der Waals surface area contributed by atoms with Gasteiger partial charge in [0.15, 0.2) is 0 Å². The Morgan fingerprint density at radius 3 is 2.72 bits per heavy atom. The van der Waals surface area contributed by atoms with Gasteiger partial charge in [0.05, 0.1) is 18.0 Å². The molecule has 1 saturated carbocycles. The first-order valence-electron chi connectivity index (χ1n) is 6.16. The van der Waals surface area contributed by atoms with E-state index in [2.05, 4.69) is 5.10 Å². The molecule has 1 aromatic carbocycles. The molecule has 3 rings (SSSR count). The first kappa shape index (κ1) is 11.8. The summed E-state index contributed by atoms with van der Waals surface area (Å²) >= 11 is 6.35. The average Bonchev–Trinajstić information content (AvgIpc) is 3.15. The van der Waals surface area contributed by atoms with Gasteiger partial charge in [-0.3, -0.25) is 0 Å². The molecule has 1 aliphatic rings. The fraction of sp³-hybridized carbons (Fsp3) is 0.357. The van der Waals surface area contributed by atoms with Gasteiger partial charge in [0.2, 0.25) is 0 Å². The van der Waals surface area contributed by atoms with Gasteiger partial charge >= 0.3 is 0 Å². The van der Waals surface area contributed by atoms with Gasteiger partial charge in [-0.05, 0) is 31.4 Å². The number of hydrogen-bond donors (Lipinski definition) is 1. The lowest BCUT2D eigenvalue weighted by Crippen LogP contribution is -1.99. The summed E-state index contributed by atoms with van der Waals surface area (Å²) < 4.78 is 1.75. The average molecular weight is 263 g/mol. The predicted octanol–water partition coefficient (Wildman–Crippen LogP) is 3.20. The SMILES string of the molecule is Cc1ccccc1-n1nc(C2CC2)c(CO)c1Cl. The zero-order valence-corrected chi connectivity index (χ0v) is 11.0. The first-order valence-corrected chi connectivity index (χ1v) is 6.54. The molecule has 0 unspecified atom stereocenters. The van der Waals surface area contributed by atoms with Crippen LogP contribution in [0.15, 0.2) is 24.3 Å². The highest BCUT2D eigenvalue weighted by Crippen LogP contribution is 2.43. The van der Waals surface area contributed by atoms with Crippen LogP contribution >= 0.6 is 11.6 Å². The second-order valence-electron chi connectivity index (χ2n) is 4.79. The molecule has 3 nitrogen and oxygen atoms in total. The van der Waals surface area contributed by atoms with Gasteiger partial charge in [-0.25, -0.2) is 4.68 Å². The molecule has 2 aromatic rings. The number of benzene rings is 1. The maximum absolute atomic E-state index is 9.47. The van der Waals surface area contributed by atoms with Crippen molar-refractivity contribution in [1.82, 2.24) is 9.78 Å². The van der Waals surface area contributed by atoms with Crippen molar-refractivity contribution in [2.24, 2.45) is 0 Å². The van der Waals surface area contributed by atoms with Crippen LogP contribution in [0.2, 0.25) is 5.15 Å². The van der Waals surface area contributed by atoms with Crippen LogP contribution in [-0.4, -0.2) is 14.9 Å². The van der Waals surface area contributed by atoms with E-state index < -0.39 is 0 Å². The van der Waals surface area contributed by atoms with E-state index in [1.54, 1.807) is 4.68 Å². The normalized spacial score (nSPS) is 15.1. The molecular weight excluding hydrogens is 248 g/mol. The van der Waals surface area contributed by atoms with Gasteiger partial charge in [-0.15, -0.1) is 0 Å². The molecule has 0 spiro atoms. The van der Waals surface area contributed by atoms with Crippen LogP contribution in [0, 0.1) is 6.92 Å².